The Hall–Kier alpha value is -3.13. The van der Waals surface area contributed by atoms with E-state index in [0.717, 1.165) is 16.3 Å². The van der Waals surface area contributed by atoms with Gasteiger partial charge in [-0.1, -0.05) is 29.4 Å². The van der Waals surface area contributed by atoms with Crippen LogP contribution in [0.1, 0.15) is 27.4 Å². The lowest BCUT2D eigenvalue weighted by Gasteiger charge is -2.34. The van der Waals surface area contributed by atoms with E-state index in [2.05, 4.69) is 5.16 Å². The van der Waals surface area contributed by atoms with Gasteiger partial charge in [0.15, 0.2) is 0 Å². The first-order chi connectivity index (χ1) is 15.9. The molecule has 0 spiro atoms. The SMILES string of the molecule is Cc1cc(CSc2ccccc2C(=O)N2CCN(S(=O)(=O)c3ccccc3C#N)CC2)no1. The quantitative estimate of drug-likeness (QED) is 0.496. The van der Waals surface area contributed by atoms with Gasteiger partial charge >= 0.3 is 0 Å². The van der Waals surface area contributed by atoms with E-state index < -0.39 is 10.0 Å². The zero-order valence-electron chi connectivity index (χ0n) is 18.0. The maximum Gasteiger partial charge on any atom is 0.255 e. The molecule has 0 saturated carbocycles. The number of benzene rings is 2. The smallest absolute Gasteiger partial charge is 0.255 e. The average Bonchev–Trinajstić information content (AvgIpc) is 3.27. The summed E-state index contributed by atoms with van der Waals surface area (Å²) in [7, 11) is -3.81. The Morgan fingerprint density at radius 1 is 1.12 bits per heavy atom. The number of aryl methyl sites for hydroxylation is 1. The van der Waals surface area contributed by atoms with Crippen LogP contribution < -0.4 is 0 Å². The van der Waals surface area contributed by atoms with Gasteiger partial charge in [-0.3, -0.25) is 4.79 Å². The van der Waals surface area contributed by atoms with Gasteiger partial charge in [-0.2, -0.15) is 9.57 Å². The van der Waals surface area contributed by atoms with Crippen LogP contribution in [0.3, 0.4) is 0 Å². The van der Waals surface area contributed by atoms with Crippen molar-refractivity contribution in [1.82, 2.24) is 14.4 Å². The van der Waals surface area contributed by atoms with Crippen molar-refractivity contribution in [3.63, 3.8) is 0 Å². The number of sulfonamides is 1. The Labute approximate surface area is 196 Å². The third-order valence-corrected chi connectivity index (χ3v) is 8.38. The predicted molar refractivity (Wildman–Crippen MR) is 123 cm³/mol. The van der Waals surface area contributed by atoms with E-state index in [1.54, 1.807) is 23.1 Å². The molecule has 33 heavy (non-hydrogen) atoms. The van der Waals surface area contributed by atoms with Gasteiger partial charge in [0.1, 0.15) is 11.8 Å². The monoisotopic (exact) mass is 482 g/mol. The highest BCUT2D eigenvalue weighted by atomic mass is 32.2. The third kappa shape index (κ3) is 4.95. The van der Waals surface area contributed by atoms with Crippen molar-refractivity contribution >= 4 is 27.7 Å². The van der Waals surface area contributed by atoms with Crippen molar-refractivity contribution in [3.8, 4) is 6.07 Å². The summed E-state index contributed by atoms with van der Waals surface area (Å²) < 4.78 is 32.5. The van der Waals surface area contributed by atoms with Gasteiger partial charge in [-0.15, -0.1) is 11.8 Å². The van der Waals surface area contributed by atoms with Crippen molar-refractivity contribution in [3.05, 3.63) is 77.2 Å². The molecule has 0 bridgehead atoms. The van der Waals surface area contributed by atoms with E-state index in [1.807, 2.05) is 37.3 Å². The minimum Gasteiger partial charge on any atom is -0.361 e. The molecule has 1 aliphatic rings. The average molecular weight is 483 g/mol. The first-order valence-corrected chi connectivity index (χ1v) is 12.8. The maximum atomic E-state index is 13.2. The van der Waals surface area contributed by atoms with Gasteiger partial charge in [0.05, 0.1) is 21.7 Å². The third-order valence-electron chi connectivity index (χ3n) is 5.32. The molecule has 4 rings (SSSR count). The van der Waals surface area contributed by atoms with Crippen LogP contribution in [0.4, 0.5) is 0 Å². The molecule has 1 amide bonds. The Bertz CT molecular complexity index is 1310. The molecule has 170 valence electrons. The van der Waals surface area contributed by atoms with E-state index in [4.69, 9.17) is 4.52 Å². The van der Waals surface area contributed by atoms with Crippen molar-refractivity contribution < 1.29 is 17.7 Å². The molecule has 1 aliphatic heterocycles. The zero-order chi connectivity index (χ0) is 23.4. The number of hydrogen-bond donors (Lipinski definition) is 0. The normalized spacial score (nSPS) is 14.7. The van der Waals surface area contributed by atoms with E-state index >= 15 is 0 Å². The lowest BCUT2D eigenvalue weighted by Crippen LogP contribution is -2.50. The summed E-state index contributed by atoms with van der Waals surface area (Å²) in [5.74, 6) is 1.18. The molecule has 0 radical (unpaired) electrons. The maximum absolute atomic E-state index is 13.2. The van der Waals surface area contributed by atoms with Gasteiger partial charge in [0.25, 0.3) is 5.91 Å². The fraction of sp³-hybridized carbons (Fsp3) is 0.261. The molecule has 0 atom stereocenters. The van der Waals surface area contributed by atoms with E-state index in [9.17, 15) is 18.5 Å². The molecule has 0 N–H and O–H groups in total. The van der Waals surface area contributed by atoms with E-state index in [-0.39, 0.29) is 42.5 Å². The highest BCUT2D eigenvalue weighted by molar-refractivity contribution is 7.98. The highest BCUT2D eigenvalue weighted by Gasteiger charge is 2.32. The molecule has 3 aromatic rings. The summed E-state index contributed by atoms with van der Waals surface area (Å²) >= 11 is 1.51. The Kier molecular flexibility index (Phi) is 6.83. The number of carbonyl (C=O) groups excluding carboxylic acids is 1. The topological polar surface area (TPSA) is 108 Å². The number of aromatic nitrogens is 1. The van der Waals surface area contributed by atoms with Gasteiger partial charge in [0.2, 0.25) is 10.0 Å². The van der Waals surface area contributed by atoms with Crippen LogP contribution in [0.15, 0.2) is 68.9 Å². The van der Waals surface area contributed by atoms with Crippen molar-refractivity contribution in [2.75, 3.05) is 26.2 Å². The second kappa shape index (κ2) is 9.79. The van der Waals surface area contributed by atoms with Crippen molar-refractivity contribution in [2.24, 2.45) is 0 Å². The molecule has 1 aromatic heterocycles. The van der Waals surface area contributed by atoms with Crippen molar-refractivity contribution in [2.45, 2.75) is 22.5 Å². The molecular weight excluding hydrogens is 460 g/mol. The first-order valence-electron chi connectivity index (χ1n) is 10.3. The number of nitriles is 1. The molecule has 0 unspecified atom stereocenters. The number of hydrogen-bond acceptors (Lipinski definition) is 7. The fourth-order valence-electron chi connectivity index (χ4n) is 3.63. The Morgan fingerprint density at radius 3 is 2.52 bits per heavy atom. The summed E-state index contributed by atoms with van der Waals surface area (Å²) in [6, 6.07) is 17.3. The second-order valence-corrected chi connectivity index (χ2v) is 10.4. The van der Waals surface area contributed by atoms with Crippen LogP contribution >= 0.6 is 11.8 Å². The van der Waals surface area contributed by atoms with E-state index in [0.29, 0.717) is 11.3 Å². The molecule has 8 nitrogen and oxygen atoms in total. The molecule has 2 aromatic carbocycles. The Morgan fingerprint density at radius 2 is 1.82 bits per heavy atom. The molecule has 10 heteroatoms. The van der Waals surface area contributed by atoms with Gasteiger partial charge in [0, 0.05) is 42.9 Å². The lowest BCUT2D eigenvalue weighted by atomic mass is 10.2. The number of nitrogens with zero attached hydrogens (tertiary/aromatic N) is 4. The number of rotatable bonds is 6. The predicted octanol–water partition coefficient (Wildman–Crippen LogP) is 3.29. The molecule has 0 aliphatic carbocycles. The number of thioether (sulfide) groups is 1. The van der Waals surface area contributed by atoms with Crippen LogP contribution in [-0.2, 0) is 15.8 Å². The highest BCUT2D eigenvalue weighted by Crippen LogP contribution is 2.28. The molecular formula is C23H22N4O4S2. The van der Waals surface area contributed by atoms with Crippen LogP contribution in [0.25, 0.3) is 0 Å². The molecule has 1 saturated heterocycles. The largest absolute Gasteiger partial charge is 0.361 e. The summed E-state index contributed by atoms with van der Waals surface area (Å²) in [6.07, 6.45) is 0. The summed E-state index contributed by atoms with van der Waals surface area (Å²) in [4.78, 5) is 15.7. The van der Waals surface area contributed by atoms with Gasteiger partial charge in [-0.05, 0) is 31.2 Å². The summed E-state index contributed by atoms with van der Waals surface area (Å²) in [6.45, 7) is 2.71. The standard InChI is InChI=1S/C23H22N4O4S2/c1-17-14-19(25-31-17)16-32-21-8-4-3-7-20(21)23(28)26-10-12-27(13-11-26)33(29,30)22-9-5-2-6-18(22)15-24/h2-9,14H,10-13,16H2,1H3. The van der Waals surface area contributed by atoms with Crippen LogP contribution in [0.5, 0.6) is 0 Å². The summed E-state index contributed by atoms with van der Waals surface area (Å²) in [5.41, 5.74) is 1.49. The Balaban J connectivity index is 1.44. The van der Waals surface area contributed by atoms with Crippen molar-refractivity contribution in [1.29, 1.82) is 5.26 Å². The minimum absolute atomic E-state index is 0.00267. The van der Waals surface area contributed by atoms with Crippen LogP contribution in [-0.4, -0.2) is 54.9 Å². The van der Waals surface area contributed by atoms with Crippen LogP contribution in [0, 0.1) is 18.3 Å². The molecule has 1 fully saturated rings. The van der Waals surface area contributed by atoms with Crippen LogP contribution in [0.2, 0.25) is 0 Å². The van der Waals surface area contributed by atoms with Gasteiger partial charge < -0.3 is 9.42 Å². The van der Waals surface area contributed by atoms with E-state index in [1.165, 1.54) is 28.2 Å². The van der Waals surface area contributed by atoms with Gasteiger partial charge in [-0.25, -0.2) is 8.42 Å². The fourth-order valence-corrected chi connectivity index (χ4v) is 6.12. The summed E-state index contributed by atoms with van der Waals surface area (Å²) in [5, 5.41) is 13.3. The molecule has 2 heterocycles. The minimum atomic E-state index is -3.81. The second-order valence-electron chi connectivity index (χ2n) is 7.52. The number of carbonyl (C=O) groups is 1. The number of piperazine rings is 1. The first kappa shape index (κ1) is 23.0. The zero-order valence-corrected chi connectivity index (χ0v) is 19.6. The number of amides is 1. The lowest BCUT2D eigenvalue weighted by molar-refractivity contribution is 0.0694.